The zero-order chi connectivity index (χ0) is 16.4. The lowest BCUT2D eigenvalue weighted by Crippen LogP contribution is -2.10. The second kappa shape index (κ2) is 6.44. The van der Waals surface area contributed by atoms with Crippen LogP contribution in [0.1, 0.15) is 10.6 Å². The fraction of sp³-hybridized carbons (Fsp3) is 0. The van der Waals surface area contributed by atoms with Crippen molar-refractivity contribution in [3.8, 4) is 11.3 Å². The third kappa shape index (κ3) is 3.55. The normalized spacial score (nSPS) is 10.6. The fourth-order valence-electron chi connectivity index (χ4n) is 1.99. The van der Waals surface area contributed by atoms with Gasteiger partial charge in [-0.25, -0.2) is 4.39 Å². The summed E-state index contributed by atoms with van der Waals surface area (Å²) in [5, 5.41) is 3.27. The number of rotatable bonds is 3. The highest BCUT2D eigenvalue weighted by atomic mass is 35.5. The van der Waals surface area contributed by atoms with Gasteiger partial charge in [-0.05, 0) is 54.6 Å². The first kappa shape index (κ1) is 15.6. The maximum absolute atomic E-state index is 13.2. The molecule has 0 aliphatic carbocycles. The van der Waals surface area contributed by atoms with Crippen molar-refractivity contribution in [1.82, 2.24) is 0 Å². The van der Waals surface area contributed by atoms with Gasteiger partial charge in [-0.3, -0.25) is 4.79 Å². The molecule has 0 unspecified atom stereocenters. The lowest BCUT2D eigenvalue weighted by atomic mass is 10.2. The highest BCUT2D eigenvalue weighted by molar-refractivity contribution is 6.31. The van der Waals surface area contributed by atoms with Gasteiger partial charge in [0, 0.05) is 16.3 Å². The van der Waals surface area contributed by atoms with Crippen molar-refractivity contribution in [3.05, 3.63) is 76.2 Å². The minimum absolute atomic E-state index is 0.00827. The van der Waals surface area contributed by atoms with Crippen molar-refractivity contribution in [2.75, 3.05) is 5.32 Å². The number of hydrogen-bond donors (Lipinski definition) is 1. The van der Waals surface area contributed by atoms with E-state index in [0.29, 0.717) is 22.0 Å². The van der Waals surface area contributed by atoms with Gasteiger partial charge in [0.25, 0.3) is 5.91 Å². The molecule has 0 radical (unpaired) electrons. The van der Waals surface area contributed by atoms with Crippen LogP contribution in [0.25, 0.3) is 11.3 Å². The molecule has 2 aromatic carbocycles. The molecule has 0 bridgehead atoms. The van der Waals surface area contributed by atoms with Gasteiger partial charge in [0.2, 0.25) is 0 Å². The van der Waals surface area contributed by atoms with Crippen molar-refractivity contribution in [1.29, 1.82) is 0 Å². The third-order valence-electron chi connectivity index (χ3n) is 3.14. The van der Waals surface area contributed by atoms with E-state index in [0.717, 1.165) is 0 Å². The van der Waals surface area contributed by atoms with Gasteiger partial charge < -0.3 is 9.73 Å². The molecule has 3 aromatic rings. The Hall–Kier alpha value is -2.30. The van der Waals surface area contributed by atoms with Gasteiger partial charge in [0.1, 0.15) is 11.6 Å². The Kier molecular flexibility index (Phi) is 4.37. The number of nitrogens with one attached hydrogen (secondary N) is 1. The molecule has 6 heteroatoms. The summed E-state index contributed by atoms with van der Waals surface area (Å²) in [4.78, 5) is 12.1. The van der Waals surface area contributed by atoms with E-state index in [4.69, 9.17) is 27.6 Å². The average molecular weight is 350 g/mol. The molecule has 0 atom stereocenters. The molecule has 116 valence electrons. The number of anilines is 1. The molecule has 0 fully saturated rings. The van der Waals surface area contributed by atoms with Crippen LogP contribution in [0, 0.1) is 5.82 Å². The monoisotopic (exact) mass is 349 g/mol. The van der Waals surface area contributed by atoms with E-state index in [1.54, 1.807) is 30.3 Å². The molecule has 3 rings (SSSR count). The Morgan fingerprint density at radius 3 is 2.43 bits per heavy atom. The van der Waals surface area contributed by atoms with Crippen LogP contribution < -0.4 is 5.32 Å². The molecule has 0 saturated heterocycles. The first-order valence-corrected chi connectivity index (χ1v) is 7.41. The zero-order valence-corrected chi connectivity index (χ0v) is 13.2. The molecule has 3 nitrogen and oxygen atoms in total. The minimum Gasteiger partial charge on any atom is -0.451 e. The molecule has 0 aliphatic heterocycles. The summed E-state index contributed by atoms with van der Waals surface area (Å²) in [6, 6.07) is 14.1. The van der Waals surface area contributed by atoms with Crippen molar-refractivity contribution in [2.24, 2.45) is 0 Å². The topological polar surface area (TPSA) is 42.2 Å². The van der Waals surface area contributed by atoms with Crippen LogP contribution in [0.4, 0.5) is 10.1 Å². The molecule has 0 saturated carbocycles. The Labute approximate surface area is 141 Å². The summed E-state index contributed by atoms with van der Waals surface area (Å²) < 4.78 is 18.7. The van der Waals surface area contributed by atoms with Crippen LogP contribution in [0.2, 0.25) is 10.0 Å². The number of amides is 1. The van der Waals surface area contributed by atoms with Gasteiger partial charge in [0.15, 0.2) is 5.76 Å². The van der Waals surface area contributed by atoms with E-state index in [9.17, 15) is 9.18 Å². The summed E-state index contributed by atoms with van der Waals surface area (Å²) in [6.45, 7) is 0. The fourth-order valence-corrected chi connectivity index (χ4v) is 2.30. The molecule has 1 aromatic heterocycles. The number of benzene rings is 2. The Morgan fingerprint density at radius 1 is 1.00 bits per heavy atom. The standard InChI is InChI=1S/C17H10Cl2FNO2/c18-11-2-4-12(5-3-11)21-17(22)16-8-7-15(23-16)10-1-6-14(20)13(19)9-10/h1-9H,(H,21,22). The van der Waals surface area contributed by atoms with Gasteiger partial charge in [-0.15, -0.1) is 0 Å². The van der Waals surface area contributed by atoms with E-state index in [2.05, 4.69) is 5.32 Å². The largest absolute Gasteiger partial charge is 0.451 e. The highest BCUT2D eigenvalue weighted by Crippen LogP contribution is 2.27. The molecule has 0 spiro atoms. The lowest BCUT2D eigenvalue weighted by Gasteiger charge is -2.03. The summed E-state index contributed by atoms with van der Waals surface area (Å²) in [6.07, 6.45) is 0. The molecular weight excluding hydrogens is 340 g/mol. The quantitative estimate of drug-likeness (QED) is 0.664. The predicted octanol–water partition coefficient (Wildman–Crippen LogP) is 5.64. The first-order valence-electron chi connectivity index (χ1n) is 6.65. The van der Waals surface area contributed by atoms with Crippen LogP contribution in [-0.2, 0) is 0 Å². The van der Waals surface area contributed by atoms with Crippen molar-refractivity contribution >= 4 is 34.8 Å². The molecule has 1 heterocycles. The van der Waals surface area contributed by atoms with Crippen LogP contribution in [0.3, 0.4) is 0 Å². The van der Waals surface area contributed by atoms with E-state index < -0.39 is 11.7 Å². The number of halogens is 3. The smallest absolute Gasteiger partial charge is 0.291 e. The van der Waals surface area contributed by atoms with Crippen molar-refractivity contribution < 1.29 is 13.6 Å². The number of carbonyl (C=O) groups is 1. The zero-order valence-electron chi connectivity index (χ0n) is 11.6. The SMILES string of the molecule is O=C(Nc1ccc(Cl)cc1)c1ccc(-c2ccc(F)c(Cl)c2)o1. The number of carbonyl (C=O) groups excluding carboxylic acids is 1. The maximum atomic E-state index is 13.2. The Bertz CT molecular complexity index is 859. The van der Waals surface area contributed by atoms with Gasteiger partial charge in [-0.1, -0.05) is 23.2 Å². The van der Waals surface area contributed by atoms with E-state index in [-0.39, 0.29) is 10.8 Å². The van der Waals surface area contributed by atoms with E-state index in [1.165, 1.54) is 24.3 Å². The minimum atomic E-state index is -0.511. The molecular formula is C17H10Cl2FNO2. The van der Waals surface area contributed by atoms with Crippen LogP contribution >= 0.6 is 23.2 Å². The summed E-state index contributed by atoms with van der Waals surface area (Å²) in [5.41, 5.74) is 1.18. The Morgan fingerprint density at radius 2 is 1.74 bits per heavy atom. The van der Waals surface area contributed by atoms with Gasteiger partial charge in [-0.2, -0.15) is 0 Å². The van der Waals surface area contributed by atoms with E-state index >= 15 is 0 Å². The van der Waals surface area contributed by atoms with Crippen molar-refractivity contribution in [2.45, 2.75) is 0 Å². The summed E-state index contributed by atoms with van der Waals surface area (Å²) in [5.74, 6) is -0.349. The highest BCUT2D eigenvalue weighted by Gasteiger charge is 2.13. The summed E-state index contributed by atoms with van der Waals surface area (Å²) in [7, 11) is 0. The summed E-state index contributed by atoms with van der Waals surface area (Å²) >= 11 is 11.5. The van der Waals surface area contributed by atoms with Gasteiger partial charge >= 0.3 is 0 Å². The maximum Gasteiger partial charge on any atom is 0.291 e. The van der Waals surface area contributed by atoms with Crippen molar-refractivity contribution in [3.63, 3.8) is 0 Å². The second-order valence-corrected chi connectivity index (χ2v) is 5.60. The number of hydrogen-bond acceptors (Lipinski definition) is 2. The first-order chi connectivity index (χ1) is 11.0. The Balaban J connectivity index is 1.79. The average Bonchev–Trinajstić information content (AvgIpc) is 3.02. The van der Waals surface area contributed by atoms with E-state index in [1.807, 2.05) is 0 Å². The second-order valence-electron chi connectivity index (χ2n) is 4.75. The molecule has 1 N–H and O–H groups in total. The predicted molar refractivity (Wildman–Crippen MR) is 88.5 cm³/mol. The van der Waals surface area contributed by atoms with Gasteiger partial charge in [0.05, 0.1) is 5.02 Å². The molecule has 0 aliphatic rings. The molecule has 23 heavy (non-hydrogen) atoms. The lowest BCUT2D eigenvalue weighted by molar-refractivity contribution is 0.0997. The van der Waals surface area contributed by atoms with Crippen LogP contribution in [-0.4, -0.2) is 5.91 Å². The molecule has 1 amide bonds. The van der Waals surface area contributed by atoms with Crippen LogP contribution in [0.15, 0.2) is 59.0 Å². The van der Waals surface area contributed by atoms with Crippen LogP contribution in [0.5, 0.6) is 0 Å². The number of furan rings is 1. The third-order valence-corrected chi connectivity index (χ3v) is 3.68.